The predicted octanol–water partition coefficient (Wildman–Crippen LogP) is 4.38. The number of nitrogens with zero attached hydrogens (tertiary/aromatic N) is 5. The third-order valence-corrected chi connectivity index (χ3v) is 6.29. The van der Waals surface area contributed by atoms with Gasteiger partial charge in [-0.15, -0.1) is 10.2 Å². The molecule has 0 N–H and O–H groups in total. The minimum Gasteiger partial charge on any atom is -0.338 e. The molecule has 0 radical (unpaired) electrons. The Labute approximate surface area is 165 Å². The van der Waals surface area contributed by atoms with Crippen LogP contribution in [0.3, 0.4) is 0 Å². The molecule has 1 aromatic carbocycles. The van der Waals surface area contributed by atoms with Crippen molar-refractivity contribution in [1.29, 1.82) is 5.26 Å². The minimum absolute atomic E-state index is 0.148. The highest BCUT2D eigenvalue weighted by Gasteiger charge is 2.52. The summed E-state index contributed by atoms with van der Waals surface area (Å²) in [6.07, 6.45) is 0.803. The van der Waals surface area contributed by atoms with Gasteiger partial charge in [-0.25, -0.2) is 8.78 Å². The van der Waals surface area contributed by atoms with Gasteiger partial charge in [0.25, 0.3) is 0 Å². The summed E-state index contributed by atoms with van der Waals surface area (Å²) in [5.41, 5.74) is 1.68. The zero-order valence-electron chi connectivity index (χ0n) is 15.4. The van der Waals surface area contributed by atoms with Crippen molar-refractivity contribution in [3.05, 3.63) is 59.2 Å². The number of rotatable bonds is 4. The quantitative estimate of drug-likeness (QED) is 0.654. The molecule has 28 heavy (non-hydrogen) atoms. The maximum absolute atomic E-state index is 14.4. The standard InChI is InChI=1S/C20H17F2N5S/c1-12-5-6-13(11-23)8-15(12)18-25-26-19(28-18)27(2)20(9-14(21)10-20)17-16(22)4-3-7-24-17/h3-8,14H,9-10H2,1-2H3. The number of nitriles is 1. The monoisotopic (exact) mass is 397 g/mol. The molecule has 1 saturated carbocycles. The normalized spacial score (nSPS) is 21.0. The summed E-state index contributed by atoms with van der Waals surface area (Å²) >= 11 is 1.33. The molecule has 0 amide bonds. The van der Waals surface area contributed by atoms with Crippen molar-refractivity contribution in [2.75, 3.05) is 11.9 Å². The molecule has 1 aliphatic carbocycles. The van der Waals surface area contributed by atoms with Gasteiger partial charge in [0.15, 0.2) is 0 Å². The van der Waals surface area contributed by atoms with Crippen LogP contribution in [0.2, 0.25) is 0 Å². The third kappa shape index (κ3) is 2.92. The van der Waals surface area contributed by atoms with Gasteiger partial charge in [-0.05, 0) is 36.8 Å². The van der Waals surface area contributed by atoms with Gasteiger partial charge >= 0.3 is 0 Å². The molecule has 4 rings (SSSR count). The molecule has 2 heterocycles. The van der Waals surface area contributed by atoms with Gasteiger partial charge in [0.2, 0.25) is 5.13 Å². The molecule has 2 aromatic heterocycles. The van der Waals surface area contributed by atoms with Crippen LogP contribution in [0, 0.1) is 24.1 Å². The second-order valence-electron chi connectivity index (χ2n) is 6.96. The van der Waals surface area contributed by atoms with Crippen molar-refractivity contribution < 1.29 is 8.78 Å². The Hall–Kier alpha value is -2.92. The van der Waals surface area contributed by atoms with E-state index in [1.54, 1.807) is 24.1 Å². The summed E-state index contributed by atoms with van der Waals surface area (Å²) in [5, 5.41) is 18.9. The highest BCUT2D eigenvalue weighted by atomic mass is 32.1. The molecule has 0 spiro atoms. The molecule has 3 aromatic rings. The van der Waals surface area contributed by atoms with Crippen LogP contribution in [0.5, 0.6) is 0 Å². The Balaban J connectivity index is 1.72. The van der Waals surface area contributed by atoms with E-state index in [0.717, 1.165) is 11.1 Å². The number of aryl methyl sites for hydroxylation is 1. The Kier molecular flexibility index (Phi) is 4.55. The fourth-order valence-corrected chi connectivity index (χ4v) is 4.57. The molecular formula is C20H17F2N5S. The lowest BCUT2D eigenvalue weighted by Gasteiger charge is -2.49. The van der Waals surface area contributed by atoms with Crippen molar-refractivity contribution in [3.63, 3.8) is 0 Å². The van der Waals surface area contributed by atoms with Crippen LogP contribution in [-0.2, 0) is 5.54 Å². The number of hydrogen-bond acceptors (Lipinski definition) is 6. The first-order valence-electron chi connectivity index (χ1n) is 8.78. The summed E-state index contributed by atoms with van der Waals surface area (Å²) in [4.78, 5) is 5.97. The fourth-order valence-electron chi connectivity index (χ4n) is 3.59. The van der Waals surface area contributed by atoms with Crippen molar-refractivity contribution in [2.24, 2.45) is 0 Å². The summed E-state index contributed by atoms with van der Waals surface area (Å²) in [7, 11) is 1.77. The lowest BCUT2D eigenvalue weighted by atomic mass is 9.71. The van der Waals surface area contributed by atoms with Crippen LogP contribution >= 0.6 is 11.3 Å². The maximum atomic E-state index is 14.4. The van der Waals surface area contributed by atoms with Gasteiger partial charge < -0.3 is 4.90 Å². The Morgan fingerprint density at radius 3 is 2.75 bits per heavy atom. The smallest absolute Gasteiger partial charge is 0.209 e. The first-order chi connectivity index (χ1) is 13.4. The van der Waals surface area contributed by atoms with Crippen LogP contribution in [0.4, 0.5) is 13.9 Å². The maximum Gasteiger partial charge on any atom is 0.209 e. The molecule has 0 saturated heterocycles. The van der Waals surface area contributed by atoms with Gasteiger partial charge in [0.1, 0.15) is 22.7 Å². The Bertz CT molecular complexity index is 1070. The number of hydrogen-bond donors (Lipinski definition) is 0. The molecule has 1 aliphatic rings. The average Bonchev–Trinajstić information content (AvgIpc) is 3.15. The van der Waals surface area contributed by atoms with E-state index >= 15 is 0 Å². The van der Waals surface area contributed by atoms with E-state index < -0.39 is 17.5 Å². The zero-order chi connectivity index (χ0) is 19.9. The van der Waals surface area contributed by atoms with Gasteiger partial charge in [0, 0.05) is 31.6 Å². The van der Waals surface area contributed by atoms with E-state index in [1.807, 2.05) is 13.0 Å². The topological polar surface area (TPSA) is 65.7 Å². The van der Waals surface area contributed by atoms with Crippen LogP contribution in [-0.4, -0.2) is 28.4 Å². The van der Waals surface area contributed by atoms with Crippen LogP contribution in [0.25, 0.3) is 10.6 Å². The summed E-state index contributed by atoms with van der Waals surface area (Å²) in [5.74, 6) is -0.455. The number of pyridine rings is 1. The molecule has 0 aliphatic heterocycles. The van der Waals surface area contributed by atoms with Gasteiger partial charge in [-0.3, -0.25) is 4.98 Å². The largest absolute Gasteiger partial charge is 0.338 e. The van der Waals surface area contributed by atoms with E-state index in [9.17, 15) is 8.78 Å². The molecule has 0 atom stereocenters. The van der Waals surface area contributed by atoms with E-state index in [4.69, 9.17) is 5.26 Å². The lowest BCUT2D eigenvalue weighted by molar-refractivity contribution is 0.0870. The van der Waals surface area contributed by atoms with E-state index in [-0.39, 0.29) is 18.5 Å². The predicted molar refractivity (Wildman–Crippen MR) is 103 cm³/mol. The number of halogens is 2. The molecule has 8 heteroatoms. The Morgan fingerprint density at radius 2 is 2.07 bits per heavy atom. The third-order valence-electron chi connectivity index (χ3n) is 5.26. The molecule has 0 bridgehead atoms. The molecule has 1 fully saturated rings. The van der Waals surface area contributed by atoms with Crippen LogP contribution < -0.4 is 4.90 Å². The van der Waals surface area contributed by atoms with Gasteiger partial charge in [-0.2, -0.15) is 5.26 Å². The number of alkyl halides is 1. The number of aromatic nitrogens is 3. The first-order valence-corrected chi connectivity index (χ1v) is 9.60. The van der Waals surface area contributed by atoms with Crippen molar-refractivity contribution in [1.82, 2.24) is 15.2 Å². The lowest BCUT2D eigenvalue weighted by Crippen LogP contribution is -2.55. The SMILES string of the molecule is Cc1ccc(C#N)cc1-c1nnc(N(C)C2(c3ncccc3F)CC(F)C2)s1. The van der Waals surface area contributed by atoms with Crippen molar-refractivity contribution >= 4 is 16.5 Å². The van der Waals surface area contributed by atoms with Gasteiger partial charge in [0.05, 0.1) is 17.2 Å². The summed E-state index contributed by atoms with van der Waals surface area (Å²) in [6, 6.07) is 10.4. The fraction of sp³-hybridized carbons (Fsp3) is 0.300. The molecule has 142 valence electrons. The van der Waals surface area contributed by atoms with E-state index in [2.05, 4.69) is 21.3 Å². The van der Waals surface area contributed by atoms with Crippen LogP contribution in [0.15, 0.2) is 36.5 Å². The second-order valence-corrected chi connectivity index (χ2v) is 7.92. The summed E-state index contributed by atoms with van der Waals surface area (Å²) in [6.45, 7) is 1.94. The summed E-state index contributed by atoms with van der Waals surface area (Å²) < 4.78 is 28.3. The second kappa shape index (κ2) is 6.91. The van der Waals surface area contributed by atoms with E-state index in [1.165, 1.54) is 29.7 Å². The number of anilines is 1. The molecule has 0 unspecified atom stereocenters. The molecular weight excluding hydrogens is 380 g/mol. The van der Waals surface area contributed by atoms with Crippen LogP contribution in [0.1, 0.15) is 29.7 Å². The first kappa shape index (κ1) is 18.4. The minimum atomic E-state index is -1.01. The van der Waals surface area contributed by atoms with Crippen molar-refractivity contribution in [3.8, 4) is 16.6 Å². The Morgan fingerprint density at radius 1 is 1.29 bits per heavy atom. The average molecular weight is 397 g/mol. The van der Waals surface area contributed by atoms with Gasteiger partial charge in [-0.1, -0.05) is 17.4 Å². The zero-order valence-corrected chi connectivity index (χ0v) is 16.2. The number of benzene rings is 1. The highest BCUT2D eigenvalue weighted by molar-refractivity contribution is 7.18. The highest BCUT2D eigenvalue weighted by Crippen LogP contribution is 2.50. The molecule has 5 nitrogen and oxygen atoms in total. The van der Waals surface area contributed by atoms with E-state index in [0.29, 0.717) is 15.7 Å². The van der Waals surface area contributed by atoms with Crippen molar-refractivity contribution in [2.45, 2.75) is 31.5 Å².